The summed E-state index contributed by atoms with van der Waals surface area (Å²) in [7, 11) is 0. The molecule has 3 nitrogen and oxygen atoms in total. The van der Waals surface area contributed by atoms with Crippen LogP contribution in [0.4, 0.5) is 5.13 Å². The zero-order valence-corrected chi connectivity index (χ0v) is 14.4. The number of nitrogens with one attached hydrogen (secondary N) is 1. The Balaban J connectivity index is 1.71. The number of fused-ring (bicyclic) bond motifs is 1. The molecule has 0 atom stereocenters. The van der Waals surface area contributed by atoms with Crippen LogP contribution >= 0.6 is 38.9 Å². The van der Waals surface area contributed by atoms with Crippen LogP contribution in [0.5, 0.6) is 0 Å². The van der Waals surface area contributed by atoms with Gasteiger partial charge in [-0.05, 0) is 42.0 Å². The van der Waals surface area contributed by atoms with Crippen LogP contribution in [0.25, 0.3) is 16.3 Å². The van der Waals surface area contributed by atoms with Crippen LogP contribution in [-0.2, 0) is 4.79 Å². The van der Waals surface area contributed by atoms with Gasteiger partial charge in [-0.1, -0.05) is 51.0 Å². The Bertz CT molecular complexity index is 858. The van der Waals surface area contributed by atoms with Gasteiger partial charge in [-0.15, -0.1) is 0 Å². The molecular formula is C16H10BrClN2OS. The van der Waals surface area contributed by atoms with Gasteiger partial charge in [-0.3, -0.25) is 10.1 Å². The largest absolute Gasteiger partial charge is 0.298 e. The zero-order valence-electron chi connectivity index (χ0n) is 11.2. The SMILES string of the molecule is O=C(C=Cc1ccc(Cl)cc1)Nc1nc2ccc(Br)cc2s1. The molecule has 0 bridgehead atoms. The highest BCUT2D eigenvalue weighted by Crippen LogP contribution is 2.28. The second-order valence-electron chi connectivity index (χ2n) is 4.51. The molecule has 0 aliphatic rings. The molecule has 0 spiro atoms. The summed E-state index contributed by atoms with van der Waals surface area (Å²) in [4.78, 5) is 16.3. The monoisotopic (exact) mass is 392 g/mol. The van der Waals surface area contributed by atoms with Gasteiger partial charge in [0.05, 0.1) is 10.2 Å². The van der Waals surface area contributed by atoms with E-state index in [9.17, 15) is 4.79 Å². The third-order valence-electron chi connectivity index (χ3n) is 2.88. The lowest BCUT2D eigenvalue weighted by Crippen LogP contribution is -2.07. The molecule has 2 aromatic carbocycles. The van der Waals surface area contributed by atoms with Gasteiger partial charge in [0.15, 0.2) is 5.13 Å². The van der Waals surface area contributed by atoms with E-state index in [1.807, 2.05) is 30.3 Å². The Labute approximate surface area is 144 Å². The molecule has 3 aromatic rings. The highest BCUT2D eigenvalue weighted by atomic mass is 79.9. The lowest BCUT2D eigenvalue weighted by atomic mass is 10.2. The van der Waals surface area contributed by atoms with Crippen LogP contribution in [0.15, 0.2) is 53.0 Å². The predicted molar refractivity (Wildman–Crippen MR) is 96.4 cm³/mol. The van der Waals surface area contributed by atoms with E-state index in [0.717, 1.165) is 20.3 Å². The number of aromatic nitrogens is 1. The third-order valence-corrected chi connectivity index (χ3v) is 4.56. The van der Waals surface area contributed by atoms with Crippen LogP contribution in [0.3, 0.4) is 0 Å². The minimum atomic E-state index is -0.215. The first kappa shape index (κ1) is 15.2. The predicted octanol–water partition coefficient (Wildman–Crippen LogP) is 5.36. The Hall–Kier alpha value is -1.69. The minimum absolute atomic E-state index is 0.215. The quantitative estimate of drug-likeness (QED) is 0.608. The summed E-state index contributed by atoms with van der Waals surface area (Å²) in [5.41, 5.74) is 1.78. The first-order chi connectivity index (χ1) is 10.6. The van der Waals surface area contributed by atoms with Crippen LogP contribution in [0, 0.1) is 0 Å². The van der Waals surface area contributed by atoms with Gasteiger partial charge in [0.25, 0.3) is 0 Å². The molecule has 1 aromatic heterocycles. The molecule has 1 amide bonds. The Morgan fingerprint density at radius 3 is 2.77 bits per heavy atom. The summed E-state index contributed by atoms with van der Waals surface area (Å²) in [6, 6.07) is 13.1. The maximum Gasteiger partial charge on any atom is 0.250 e. The van der Waals surface area contributed by atoms with Crippen LogP contribution in [-0.4, -0.2) is 10.9 Å². The van der Waals surface area contributed by atoms with Crippen molar-refractivity contribution in [2.24, 2.45) is 0 Å². The molecule has 0 saturated carbocycles. The fourth-order valence-corrected chi connectivity index (χ4v) is 3.39. The van der Waals surface area contributed by atoms with E-state index in [4.69, 9.17) is 11.6 Å². The molecule has 0 unspecified atom stereocenters. The topological polar surface area (TPSA) is 42.0 Å². The Morgan fingerprint density at radius 2 is 2.00 bits per heavy atom. The molecule has 1 heterocycles. The molecule has 0 aliphatic carbocycles. The second kappa shape index (κ2) is 6.60. The number of rotatable bonds is 3. The standard InChI is InChI=1S/C16H10BrClN2OS/c17-11-4-7-13-14(9-11)22-16(19-13)20-15(21)8-3-10-1-5-12(18)6-2-10/h1-9H,(H,19,20,21). The number of benzene rings is 2. The van der Waals surface area contributed by atoms with E-state index < -0.39 is 0 Å². The van der Waals surface area contributed by atoms with Gasteiger partial charge in [0, 0.05) is 15.6 Å². The average molecular weight is 394 g/mol. The number of anilines is 1. The molecule has 0 radical (unpaired) electrons. The van der Waals surface area contributed by atoms with E-state index in [0.29, 0.717) is 10.2 Å². The number of nitrogens with zero attached hydrogens (tertiary/aromatic N) is 1. The number of thiazole rings is 1. The molecule has 0 fully saturated rings. The summed E-state index contributed by atoms with van der Waals surface area (Å²) in [6.07, 6.45) is 3.21. The van der Waals surface area contributed by atoms with Gasteiger partial charge >= 0.3 is 0 Å². The lowest BCUT2D eigenvalue weighted by molar-refractivity contribution is -0.111. The van der Waals surface area contributed by atoms with Crippen molar-refractivity contribution in [2.45, 2.75) is 0 Å². The van der Waals surface area contributed by atoms with Crippen molar-refractivity contribution in [2.75, 3.05) is 5.32 Å². The van der Waals surface area contributed by atoms with Crippen LogP contribution in [0.1, 0.15) is 5.56 Å². The number of carbonyl (C=O) groups excluding carboxylic acids is 1. The summed E-state index contributed by atoms with van der Waals surface area (Å²) in [5, 5.41) is 4.02. The fraction of sp³-hybridized carbons (Fsp3) is 0. The third kappa shape index (κ3) is 3.74. The van der Waals surface area contributed by atoms with E-state index in [-0.39, 0.29) is 5.91 Å². The molecule has 6 heteroatoms. The summed E-state index contributed by atoms with van der Waals surface area (Å²) < 4.78 is 2.01. The van der Waals surface area contributed by atoms with Crippen molar-refractivity contribution in [1.29, 1.82) is 0 Å². The summed E-state index contributed by atoms with van der Waals surface area (Å²) in [5.74, 6) is -0.215. The zero-order chi connectivity index (χ0) is 15.5. The molecule has 3 rings (SSSR count). The van der Waals surface area contributed by atoms with E-state index in [1.165, 1.54) is 17.4 Å². The van der Waals surface area contributed by atoms with Gasteiger partial charge in [-0.2, -0.15) is 0 Å². The highest BCUT2D eigenvalue weighted by Gasteiger charge is 2.06. The van der Waals surface area contributed by atoms with Crippen molar-refractivity contribution >= 4 is 66.2 Å². The van der Waals surface area contributed by atoms with Gasteiger partial charge in [-0.25, -0.2) is 4.98 Å². The van der Waals surface area contributed by atoms with E-state index in [2.05, 4.69) is 26.2 Å². The molecule has 22 heavy (non-hydrogen) atoms. The average Bonchev–Trinajstić information content (AvgIpc) is 2.88. The molecular weight excluding hydrogens is 384 g/mol. The number of carbonyl (C=O) groups is 1. The van der Waals surface area contributed by atoms with Crippen molar-refractivity contribution in [3.63, 3.8) is 0 Å². The van der Waals surface area contributed by atoms with Gasteiger partial charge < -0.3 is 0 Å². The number of hydrogen-bond acceptors (Lipinski definition) is 3. The molecule has 110 valence electrons. The second-order valence-corrected chi connectivity index (χ2v) is 6.89. The lowest BCUT2D eigenvalue weighted by Gasteiger charge is -1.96. The molecule has 0 aliphatic heterocycles. The normalized spacial score (nSPS) is 11.2. The van der Waals surface area contributed by atoms with Crippen molar-refractivity contribution in [3.05, 3.63) is 63.6 Å². The first-order valence-corrected chi connectivity index (χ1v) is 8.40. The smallest absolute Gasteiger partial charge is 0.250 e. The Morgan fingerprint density at radius 1 is 1.23 bits per heavy atom. The van der Waals surface area contributed by atoms with E-state index in [1.54, 1.807) is 18.2 Å². The maximum absolute atomic E-state index is 11.9. The van der Waals surface area contributed by atoms with Crippen molar-refractivity contribution in [1.82, 2.24) is 4.98 Å². The van der Waals surface area contributed by atoms with Gasteiger partial charge in [0.2, 0.25) is 5.91 Å². The summed E-state index contributed by atoms with van der Waals surface area (Å²) in [6.45, 7) is 0. The number of amides is 1. The van der Waals surface area contributed by atoms with Crippen LogP contribution < -0.4 is 5.32 Å². The van der Waals surface area contributed by atoms with Crippen molar-refractivity contribution < 1.29 is 4.79 Å². The number of halogens is 2. The highest BCUT2D eigenvalue weighted by molar-refractivity contribution is 9.10. The fourth-order valence-electron chi connectivity index (χ4n) is 1.84. The maximum atomic E-state index is 11.9. The first-order valence-electron chi connectivity index (χ1n) is 6.41. The van der Waals surface area contributed by atoms with E-state index >= 15 is 0 Å². The Kier molecular flexibility index (Phi) is 4.57. The number of hydrogen-bond donors (Lipinski definition) is 1. The molecule has 0 saturated heterocycles. The van der Waals surface area contributed by atoms with Crippen LogP contribution in [0.2, 0.25) is 5.02 Å². The molecule has 1 N–H and O–H groups in total. The minimum Gasteiger partial charge on any atom is -0.298 e. The summed E-state index contributed by atoms with van der Waals surface area (Å²) >= 11 is 10.7. The van der Waals surface area contributed by atoms with Crippen molar-refractivity contribution in [3.8, 4) is 0 Å². The van der Waals surface area contributed by atoms with Gasteiger partial charge in [0.1, 0.15) is 0 Å².